The van der Waals surface area contributed by atoms with Gasteiger partial charge in [-0.2, -0.15) is 0 Å². The molecule has 4 heterocycles. The molecule has 1 aromatic rings. The zero-order valence-electron chi connectivity index (χ0n) is 13.6. The first-order chi connectivity index (χ1) is 11.6. The predicted octanol–water partition coefficient (Wildman–Crippen LogP) is -0.770. The van der Waals surface area contributed by atoms with Gasteiger partial charge in [0.1, 0.15) is 0 Å². The minimum absolute atomic E-state index is 0.0112. The third kappa shape index (κ3) is 2.43. The average molecular weight is 349 g/mol. The topological polar surface area (TPSA) is 78.4 Å². The lowest BCUT2D eigenvalue weighted by atomic mass is 10.0. The van der Waals surface area contributed by atoms with Crippen LogP contribution in [-0.2, 0) is 9.84 Å². The van der Waals surface area contributed by atoms with E-state index >= 15 is 0 Å². The summed E-state index contributed by atoms with van der Waals surface area (Å²) in [6.07, 6.45) is 3.46. The highest BCUT2D eigenvalue weighted by molar-refractivity contribution is 7.91. The number of aromatic nitrogens is 2. The zero-order valence-corrected chi connectivity index (χ0v) is 14.4. The number of anilines is 1. The third-order valence-electron chi connectivity index (χ3n) is 6.31. The molecule has 4 fully saturated rings. The summed E-state index contributed by atoms with van der Waals surface area (Å²) < 4.78 is 24.6. The molecule has 24 heavy (non-hydrogen) atoms. The Morgan fingerprint density at radius 1 is 1.08 bits per heavy atom. The second kappa shape index (κ2) is 5.37. The first-order valence-corrected chi connectivity index (χ1v) is 10.6. The van der Waals surface area contributed by atoms with Crippen molar-refractivity contribution in [2.24, 2.45) is 17.8 Å². The van der Waals surface area contributed by atoms with Crippen molar-refractivity contribution >= 4 is 15.8 Å². The van der Waals surface area contributed by atoms with Gasteiger partial charge in [-0.1, -0.05) is 0 Å². The Morgan fingerprint density at radius 2 is 1.79 bits per heavy atom. The molecule has 4 unspecified atom stereocenters. The monoisotopic (exact) mass is 349 g/mol. The van der Waals surface area contributed by atoms with E-state index in [0.29, 0.717) is 5.95 Å². The molecule has 4 atom stereocenters. The maximum atomic E-state index is 12.3. The van der Waals surface area contributed by atoms with E-state index in [1.807, 2.05) is 0 Å². The summed E-state index contributed by atoms with van der Waals surface area (Å²) in [5, 5.41) is 3.44. The Morgan fingerprint density at radius 3 is 2.54 bits per heavy atom. The SMILES string of the molecule is O=S1(=O)CC2C(C1)N(c1ncccn1)CCN2CC1C2CNCC21. The maximum absolute atomic E-state index is 12.3. The molecule has 4 aliphatic rings. The number of sulfone groups is 1. The van der Waals surface area contributed by atoms with Crippen LogP contribution in [0.25, 0.3) is 0 Å². The number of piperidine rings is 1. The molecule has 1 N–H and O–H groups in total. The Bertz CT molecular complexity index is 717. The summed E-state index contributed by atoms with van der Waals surface area (Å²) in [6.45, 7) is 5.04. The molecule has 0 amide bonds. The Labute approximate surface area is 142 Å². The lowest BCUT2D eigenvalue weighted by molar-refractivity contribution is 0.154. The number of fused-ring (bicyclic) bond motifs is 2. The maximum Gasteiger partial charge on any atom is 0.225 e. The largest absolute Gasteiger partial charge is 0.334 e. The molecule has 1 saturated carbocycles. The second-order valence-corrected chi connectivity index (χ2v) is 9.75. The molecule has 1 aromatic heterocycles. The molecular formula is C16H23N5O2S. The van der Waals surface area contributed by atoms with Gasteiger partial charge in [-0.3, -0.25) is 4.90 Å². The van der Waals surface area contributed by atoms with Crippen LogP contribution >= 0.6 is 0 Å². The Balaban J connectivity index is 1.37. The Hall–Kier alpha value is -1.25. The van der Waals surface area contributed by atoms with E-state index in [0.717, 1.165) is 50.5 Å². The van der Waals surface area contributed by atoms with Crippen molar-refractivity contribution in [1.82, 2.24) is 20.2 Å². The fraction of sp³-hybridized carbons (Fsp3) is 0.750. The van der Waals surface area contributed by atoms with Crippen molar-refractivity contribution in [2.75, 3.05) is 49.1 Å². The van der Waals surface area contributed by atoms with Crippen LogP contribution < -0.4 is 10.2 Å². The van der Waals surface area contributed by atoms with Gasteiger partial charge in [0.2, 0.25) is 5.95 Å². The van der Waals surface area contributed by atoms with Crippen molar-refractivity contribution in [3.8, 4) is 0 Å². The highest BCUT2D eigenvalue weighted by atomic mass is 32.2. The molecule has 3 saturated heterocycles. The molecule has 130 valence electrons. The zero-order chi connectivity index (χ0) is 16.3. The van der Waals surface area contributed by atoms with Crippen molar-refractivity contribution in [2.45, 2.75) is 12.1 Å². The molecule has 0 spiro atoms. The highest BCUT2D eigenvalue weighted by Crippen LogP contribution is 2.49. The molecular weight excluding hydrogens is 326 g/mol. The number of piperazine rings is 1. The molecule has 3 aliphatic heterocycles. The van der Waals surface area contributed by atoms with Crippen LogP contribution in [0.5, 0.6) is 0 Å². The van der Waals surface area contributed by atoms with Crippen LogP contribution in [0.4, 0.5) is 5.95 Å². The lowest BCUT2D eigenvalue weighted by Crippen LogP contribution is -2.60. The van der Waals surface area contributed by atoms with E-state index in [-0.39, 0.29) is 23.6 Å². The van der Waals surface area contributed by atoms with Crippen molar-refractivity contribution in [1.29, 1.82) is 0 Å². The van der Waals surface area contributed by atoms with E-state index in [9.17, 15) is 8.42 Å². The predicted molar refractivity (Wildman–Crippen MR) is 90.5 cm³/mol. The molecule has 8 heteroatoms. The van der Waals surface area contributed by atoms with Gasteiger partial charge in [-0.25, -0.2) is 18.4 Å². The van der Waals surface area contributed by atoms with Gasteiger partial charge >= 0.3 is 0 Å². The first kappa shape index (κ1) is 15.0. The second-order valence-electron chi connectivity index (χ2n) is 7.60. The van der Waals surface area contributed by atoms with Crippen LogP contribution in [0.2, 0.25) is 0 Å². The number of hydrogen-bond acceptors (Lipinski definition) is 7. The molecule has 0 bridgehead atoms. The normalized spacial score (nSPS) is 40.3. The molecule has 0 aromatic carbocycles. The van der Waals surface area contributed by atoms with E-state index in [4.69, 9.17) is 0 Å². The van der Waals surface area contributed by atoms with Gasteiger partial charge in [0, 0.05) is 38.1 Å². The molecule has 7 nitrogen and oxygen atoms in total. The molecule has 0 radical (unpaired) electrons. The van der Waals surface area contributed by atoms with Gasteiger partial charge in [-0.05, 0) is 36.9 Å². The minimum Gasteiger partial charge on any atom is -0.334 e. The Kier molecular flexibility index (Phi) is 3.37. The van der Waals surface area contributed by atoms with Gasteiger partial charge < -0.3 is 10.2 Å². The molecule has 1 aliphatic carbocycles. The minimum atomic E-state index is -2.99. The summed E-state index contributed by atoms with van der Waals surface area (Å²) in [5.74, 6) is 3.56. The van der Waals surface area contributed by atoms with E-state index in [2.05, 4.69) is 25.1 Å². The standard InChI is InChI=1S/C16H23N5O2S/c22-24(23)9-14-15(10-24)21(16-18-2-1-3-19-16)5-4-20(14)8-13-11-6-17-7-12(11)13/h1-3,11-15,17H,4-10H2. The smallest absolute Gasteiger partial charge is 0.225 e. The van der Waals surface area contributed by atoms with Gasteiger partial charge in [0.15, 0.2) is 9.84 Å². The van der Waals surface area contributed by atoms with Crippen molar-refractivity contribution in [3.63, 3.8) is 0 Å². The van der Waals surface area contributed by atoms with E-state index in [1.54, 1.807) is 18.5 Å². The van der Waals surface area contributed by atoms with Crippen LogP contribution in [0, 0.1) is 17.8 Å². The van der Waals surface area contributed by atoms with Crippen LogP contribution in [-0.4, -0.2) is 79.6 Å². The lowest BCUT2D eigenvalue weighted by Gasteiger charge is -2.44. The van der Waals surface area contributed by atoms with E-state index < -0.39 is 9.84 Å². The fourth-order valence-electron chi connectivity index (χ4n) is 5.03. The summed E-state index contributed by atoms with van der Waals surface area (Å²) in [4.78, 5) is 13.3. The van der Waals surface area contributed by atoms with Gasteiger partial charge in [0.05, 0.1) is 17.5 Å². The van der Waals surface area contributed by atoms with Crippen LogP contribution in [0.1, 0.15) is 0 Å². The van der Waals surface area contributed by atoms with Crippen molar-refractivity contribution < 1.29 is 8.42 Å². The van der Waals surface area contributed by atoms with Gasteiger partial charge in [0.25, 0.3) is 0 Å². The number of hydrogen-bond donors (Lipinski definition) is 1. The van der Waals surface area contributed by atoms with Gasteiger partial charge in [-0.15, -0.1) is 0 Å². The quantitative estimate of drug-likeness (QED) is 0.768. The number of rotatable bonds is 3. The number of nitrogens with zero attached hydrogens (tertiary/aromatic N) is 4. The van der Waals surface area contributed by atoms with Crippen LogP contribution in [0.15, 0.2) is 18.5 Å². The third-order valence-corrected chi connectivity index (χ3v) is 8.01. The average Bonchev–Trinajstić information content (AvgIpc) is 2.91. The van der Waals surface area contributed by atoms with Crippen molar-refractivity contribution in [3.05, 3.63) is 18.5 Å². The van der Waals surface area contributed by atoms with Crippen LogP contribution in [0.3, 0.4) is 0 Å². The summed E-state index contributed by atoms with van der Waals surface area (Å²) in [7, 11) is -2.99. The highest BCUT2D eigenvalue weighted by Gasteiger charge is 2.55. The number of nitrogens with one attached hydrogen (secondary N) is 1. The van der Waals surface area contributed by atoms with E-state index in [1.165, 1.54) is 0 Å². The molecule has 5 rings (SSSR count). The first-order valence-electron chi connectivity index (χ1n) is 8.81. The summed E-state index contributed by atoms with van der Waals surface area (Å²) in [5.41, 5.74) is 0. The fourth-order valence-corrected chi connectivity index (χ4v) is 7.04. The summed E-state index contributed by atoms with van der Waals surface area (Å²) in [6, 6.07) is 1.87. The summed E-state index contributed by atoms with van der Waals surface area (Å²) >= 11 is 0.